The molecular formula is C37H38MgN4O6-2. The summed E-state index contributed by atoms with van der Waals surface area (Å²) in [5.74, 6) is -3.31. The van der Waals surface area contributed by atoms with Gasteiger partial charge < -0.3 is 34.8 Å². The molecule has 3 aromatic rings. The van der Waals surface area contributed by atoms with Gasteiger partial charge in [-0.3, -0.25) is 14.4 Å². The number of hydrogen-bond acceptors (Lipinski definition) is 6. The molecule has 0 amide bonds. The van der Waals surface area contributed by atoms with Crippen LogP contribution in [0, 0.1) is 38.5 Å². The number of esters is 2. The Morgan fingerprint density at radius 3 is 2.38 bits per heavy atom. The SMILES string of the molecule is C=Cc1c2[n-]c(c1C)/C=C1\[N-]/C(=C3\c4[n-]c(c(C)c4C(=O)[C@@H]3C(=O)OC)/C=c3\[n-]/c(c(C)c3CC)=C\2)[C@@H](CCC(=O)OCCO)[C@@H]1C.[Mg+2]. The predicted molar refractivity (Wildman–Crippen MR) is 183 cm³/mol. The fraction of sp³-hybridized carbons (Fsp3) is 0.378. The van der Waals surface area contributed by atoms with E-state index in [0.717, 1.165) is 50.8 Å². The quantitative estimate of drug-likeness (QED) is 0.219. The second-order valence-corrected chi connectivity index (χ2v) is 12.3. The van der Waals surface area contributed by atoms with E-state index < -0.39 is 17.9 Å². The Morgan fingerprint density at radius 1 is 1.00 bits per heavy atom. The molecule has 1 saturated heterocycles. The Balaban J connectivity index is 0.00000451. The molecule has 2 aliphatic heterocycles. The second kappa shape index (κ2) is 13.8. The molecule has 11 heteroatoms. The number of aliphatic hydroxyl groups is 1. The van der Waals surface area contributed by atoms with Gasteiger partial charge in [0.15, 0.2) is 5.78 Å². The zero-order valence-electron chi connectivity index (χ0n) is 28.3. The molecule has 246 valence electrons. The summed E-state index contributed by atoms with van der Waals surface area (Å²) in [5, 5.41) is 15.8. The molecule has 8 bridgehead atoms. The number of ketones is 1. The van der Waals surface area contributed by atoms with E-state index in [4.69, 9.17) is 34.8 Å². The maximum absolute atomic E-state index is 14.1. The summed E-state index contributed by atoms with van der Waals surface area (Å²) < 4.78 is 10.3. The van der Waals surface area contributed by atoms with Crippen LogP contribution in [-0.4, -0.2) is 66.2 Å². The zero-order valence-corrected chi connectivity index (χ0v) is 29.7. The van der Waals surface area contributed by atoms with Crippen LogP contribution in [0.3, 0.4) is 0 Å². The molecule has 0 aromatic carbocycles. The monoisotopic (exact) mass is 658 g/mol. The molecule has 1 fully saturated rings. The molecule has 10 nitrogen and oxygen atoms in total. The number of carbonyl (C=O) groups is 3. The van der Waals surface area contributed by atoms with Crippen LogP contribution in [0.5, 0.6) is 0 Å². The van der Waals surface area contributed by atoms with Crippen molar-refractivity contribution in [3.8, 4) is 0 Å². The van der Waals surface area contributed by atoms with E-state index in [2.05, 4.69) is 13.5 Å². The molecule has 48 heavy (non-hydrogen) atoms. The van der Waals surface area contributed by atoms with Crippen LogP contribution >= 0.6 is 0 Å². The molecule has 3 aromatic heterocycles. The van der Waals surface area contributed by atoms with E-state index in [1.807, 2.05) is 45.9 Å². The van der Waals surface area contributed by atoms with Crippen molar-refractivity contribution < 1.29 is 29.0 Å². The molecule has 3 aliphatic rings. The molecular weight excluding hydrogens is 621 g/mol. The summed E-state index contributed by atoms with van der Waals surface area (Å²) in [6.07, 6.45) is 8.76. The van der Waals surface area contributed by atoms with E-state index in [9.17, 15) is 14.4 Å². The summed E-state index contributed by atoms with van der Waals surface area (Å²) in [4.78, 5) is 54.9. The van der Waals surface area contributed by atoms with Gasteiger partial charge in [0.05, 0.1) is 13.7 Å². The van der Waals surface area contributed by atoms with Gasteiger partial charge in [-0.05, 0) is 51.0 Å². The van der Waals surface area contributed by atoms with Gasteiger partial charge in [0.2, 0.25) is 0 Å². The Bertz CT molecular complexity index is 2020. The fourth-order valence-electron chi connectivity index (χ4n) is 7.15. The van der Waals surface area contributed by atoms with Crippen LogP contribution in [0.2, 0.25) is 0 Å². The summed E-state index contributed by atoms with van der Waals surface area (Å²) in [5.41, 5.74) is 9.10. The number of rotatable bonds is 8. The van der Waals surface area contributed by atoms with Crippen LogP contribution in [0.4, 0.5) is 0 Å². The standard InChI is InChI=1S/C37H39N4O6.Mg/c1-8-21-17(3)24-14-26-19(5)23(10-11-30(43)47-13-12-42)34(40-26)32-33(37(45)46-7)36(44)31-20(6)27(41-35(31)32)16-29-22(9-2)18(4)25(39-29)15-28(21)38-24;/h8,14-16,19,23,33,42H,1,9-13H2,2-7H3,(H-,40,41,44);/q-3;+2/p-1/b25-15-,26-14-,29-16-;/t19-,23-,33+;/m0./s1. The second-order valence-electron chi connectivity index (χ2n) is 12.3. The van der Waals surface area contributed by atoms with Gasteiger partial charge in [-0.1, -0.05) is 72.6 Å². The van der Waals surface area contributed by atoms with E-state index in [1.165, 1.54) is 7.11 Å². The van der Waals surface area contributed by atoms with E-state index >= 15 is 0 Å². The Hall–Kier alpha value is -4.06. The first-order valence-electron chi connectivity index (χ1n) is 15.9. The molecule has 3 atom stereocenters. The third kappa shape index (κ3) is 5.71. The minimum absolute atomic E-state index is 0. The first kappa shape index (κ1) is 35.2. The van der Waals surface area contributed by atoms with Gasteiger partial charge >= 0.3 is 35.0 Å². The molecule has 1 N–H and O–H groups in total. The average molecular weight is 659 g/mol. The third-order valence-corrected chi connectivity index (χ3v) is 9.76. The predicted octanol–water partition coefficient (Wildman–Crippen LogP) is 2.97. The minimum atomic E-state index is -1.23. The van der Waals surface area contributed by atoms with Crippen LogP contribution in [0.25, 0.3) is 35.2 Å². The summed E-state index contributed by atoms with van der Waals surface area (Å²) in [7, 11) is 1.26. The number of allylic oxidation sites excluding steroid dienone is 2. The van der Waals surface area contributed by atoms with Crippen molar-refractivity contribution in [2.75, 3.05) is 20.3 Å². The van der Waals surface area contributed by atoms with E-state index in [-0.39, 0.29) is 60.3 Å². The van der Waals surface area contributed by atoms with Crippen LogP contribution < -0.4 is 25.7 Å². The number of methoxy groups -OCH3 is 1. The van der Waals surface area contributed by atoms with Gasteiger partial charge in [-0.25, -0.2) is 0 Å². The van der Waals surface area contributed by atoms with Crippen molar-refractivity contribution in [1.82, 2.24) is 15.0 Å². The van der Waals surface area contributed by atoms with E-state index in [1.54, 1.807) is 6.08 Å². The molecule has 6 rings (SSSR count). The number of aliphatic hydroxyl groups excluding tert-OH is 1. The van der Waals surface area contributed by atoms with Crippen molar-refractivity contribution in [2.24, 2.45) is 17.8 Å². The van der Waals surface area contributed by atoms with Crippen molar-refractivity contribution in [3.63, 3.8) is 0 Å². The van der Waals surface area contributed by atoms with E-state index in [0.29, 0.717) is 45.9 Å². The number of aromatic nitrogens is 3. The summed E-state index contributed by atoms with van der Waals surface area (Å²) in [6, 6.07) is 0. The number of carbonyl (C=O) groups excluding carboxylic acids is 3. The molecule has 0 spiro atoms. The number of hydrogen-bond donors (Lipinski definition) is 1. The maximum atomic E-state index is 14.1. The number of Topliss-reactive ketones (excluding diaryl/α,β-unsaturated/α-hetero) is 1. The van der Waals surface area contributed by atoms with Crippen LogP contribution in [0.1, 0.15) is 87.6 Å². The molecule has 0 saturated carbocycles. The number of fused-ring (bicyclic) bond motifs is 7. The average Bonchev–Trinajstić information content (AvgIpc) is 3.79. The minimum Gasteiger partial charge on any atom is -0.664 e. The largest absolute Gasteiger partial charge is 2.00 e. The van der Waals surface area contributed by atoms with Crippen LogP contribution in [-0.2, 0) is 25.5 Å². The van der Waals surface area contributed by atoms with Gasteiger partial charge in [-0.15, -0.1) is 33.5 Å². The van der Waals surface area contributed by atoms with Gasteiger partial charge in [-0.2, -0.15) is 11.4 Å². The van der Waals surface area contributed by atoms with Gasteiger partial charge in [0.25, 0.3) is 0 Å². The molecule has 1 aliphatic carbocycles. The first-order chi connectivity index (χ1) is 22.5. The van der Waals surface area contributed by atoms with Gasteiger partial charge in [0.1, 0.15) is 12.5 Å². The zero-order chi connectivity index (χ0) is 33.7. The third-order valence-electron chi connectivity index (χ3n) is 9.76. The summed E-state index contributed by atoms with van der Waals surface area (Å²) >= 11 is 0. The fourth-order valence-corrected chi connectivity index (χ4v) is 7.15. The van der Waals surface area contributed by atoms with Crippen molar-refractivity contribution in [2.45, 2.75) is 53.9 Å². The first-order valence-corrected chi connectivity index (χ1v) is 15.9. The van der Waals surface area contributed by atoms with Crippen molar-refractivity contribution in [3.05, 3.63) is 90.1 Å². The molecule has 0 radical (unpaired) electrons. The normalized spacial score (nSPS) is 23.2. The summed E-state index contributed by atoms with van der Waals surface area (Å²) in [6.45, 7) is 13.7. The molecule has 5 heterocycles. The number of ether oxygens (including phenoxy) is 2. The Kier molecular flexibility index (Phi) is 10.1. The van der Waals surface area contributed by atoms with Crippen LogP contribution in [0.15, 0.2) is 18.0 Å². The Morgan fingerprint density at radius 2 is 1.71 bits per heavy atom. The van der Waals surface area contributed by atoms with Gasteiger partial charge in [0, 0.05) is 12.0 Å². The Labute approximate surface area is 295 Å². The van der Waals surface area contributed by atoms with Crippen molar-refractivity contribution >= 4 is 70.7 Å². The molecule has 0 unspecified atom stereocenters. The van der Waals surface area contributed by atoms with Crippen molar-refractivity contribution in [1.29, 1.82) is 0 Å². The maximum Gasteiger partial charge on any atom is 2.00 e. The number of nitrogens with zero attached hydrogens (tertiary/aromatic N) is 4. The topological polar surface area (TPSA) is 146 Å². The smallest absolute Gasteiger partial charge is 0.664 e.